The van der Waals surface area contributed by atoms with Crippen molar-refractivity contribution in [2.45, 2.75) is 6.92 Å². The Bertz CT molecular complexity index is 523. The molecule has 0 saturated carbocycles. The number of nitrogens with two attached hydrogens (primary N) is 1. The van der Waals surface area contributed by atoms with E-state index in [1.54, 1.807) is 6.07 Å². The van der Waals surface area contributed by atoms with Gasteiger partial charge in [0.15, 0.2) is 0 Å². The number of benzene rings is 2. The second-order valence-electron chi connectivity index (χ2n) is 3.83. The average molecular weight is 246 g/mol. The highest BCUT2D eigenvalue weighted by Crippen LogP contribution is 2.28. The van der Waals surface area contributed by atoms with Gasteiger partial charge in [-0.05, 0) is 37.3 Å². The smallest absolute Gasteiger partial charge is 0.142 e. The molecule has 0 aromatic heterocycles. The van der Waals surface area contributed by atoms with Crippen LogP contribution in [0.25, 0.3) is 0 Å². The van der Waals surface area contributed by atoms with Gasteiger partial charge < -0.3 is 15.8 Å². The molecule has 0 saturated heterocycles. The van der Waals surface area contributed by atoms with Gasteiger partial charge in [0.05, 0.1) is 12.3 Å². The fraction of sp³-hybridized carbons (Fsp3) is 0.143. The molecule has 0 fully saturated rings. The van der Waals surface area contributed by atoms with Crippen molar-refractivity contribution in [3.8, 4) is 5.75 Å². The van der Waals surface area contributed by atoms with Crippen molar-refractivity contribution >= 4 is 17.1 Å². The van der Waals surface area contributed by atoms with Gasteiger partial charge in [0.25, 0.3) is 0 Å². The van der Waals surface area contributed by atoms with Crippen LogP contribution in [0, 0.1) is 5.82 Å². The second-order valence-corrected chi connectivity index (χ2v) is 3.83. The normalized spacial score (nSPS) is 10.1. The van der Waals surface area contributed by atoms with Crippen LogP contribution in [-0.4, -0.2) is 6.61 Å². The first-order chi connectivity index (χ1) is 8.69. The molecule has 3 nitrogen and oxygen atoms in total. The molecule has 0 unspecified atom stereocenters. The van der Waals surface area contributed by atoms with Crippen LogP contribution in [-0.2, 0) is 0 Å². The van der Waals surface area contributed by atoms with Gasteiger partial charge in [0, 0.05) is 11.4 Å². The largest absolute Gasteiger partial charge is 0.492 e. The van der Waals surface area contributed by atoms with Crippen LogP contribution in [0.2, 0.25) is 0 Å². The number of hydrogen-bond donors (Lipinski definition) is 2. The molecular formula is C14H15FN2O. The molecule has 0 amide bonds. The summed E-state index contributed by atoms with van der Waals surface area (Å²) in [6.45, 7) is 2.49. The van der Waals surface area contributed by atoms with Crippen molar-refractivity contribution < 1.29 is 9.13 Å². The van der Waals surface area contributed by atoms with Crippen LogP contribution in [0.15, 0.2) is 42.5 Å². The van der Waals surface area contributed by atoms with Gasteiger partial charge in [-0.15, -0.1) is 0 Å². The third kappa shape index (κ3) is 2.91. The van der Waals surface area contributed by atoms with E-state index in [1.807, 2.05) is 31.2 Å². The fourth-order valence-electron chi connectivity index (χ4n) is 1.69. The lowest BCUT2D eigenvalue weighted by atomic mass is 10.2. The minimum absolute atomic E-state index is 0.369. The average Bonchev–Trinajstić information content (AvgIpc) is 2.30. The Morgan fingerprint density at radius 1 is 1.22 bits per heavy atom. The number of para-hydroxylation sites is 2. The summed E-state index contributed by atoms with van der Waals surface area (Å²) in [7, 11) is 0. The molecule has 3 N–H and O–H groups in total. The monoisotopic (exact) mass is 246 g/mol. The molecule has 94 valence electrons. The van der Waals surface area contributed by atoms with Gasteiger partial charge in [-0.2, -0.15) is 0 Å². The fourth-order valence-corrected chi connectivity index (χ4v) is 1.69. The van der Waals surface area contributed by atoms with Crippen LogP contribution in [0.3, 0.4) is 0 Å². The highest BCUT2D eigenvalue weighted by molar-refractivity contribution is 5.68. The molecule has 0 atom stereocenters. The van der Waals surface area contributed by atoms with Gasteiger partial charge in [0.1, 0.15) is 11.6 Å². The van der Waals surface area contributed by atoms with Crippen LogP contribution in [0.4, 0.5) is 21.5 Å². The van der Waals surface area contributed by atoms with Crippen LogP contribution >= 0.6 is 0 Å². The van der Waals surface area contributed by atoms with Crippen LogP contribution in [0.5, 0.6) is 5.75 Å². The van der Waals surface area contributed by atoms with Crippen molar-refractivity contribution in [2.75, 3.05) is 17.7 Å². The van der Waals surface area contributed by atoms with E-state index in [0.717, 1.165) is 11.4 Å². The summed E-state index contributed by atoms with van der Waals surface area (Å²) in [6.07, 6.45) is 0. The molecule has 0 spiro atoms. The Balaban J connectivity index is 2.27. The Labute approximate surface area is 105 Å². The van der Waals surface area contributed by atoms with Crippen molar-refractivity contribution in [3.05, 3.63) is 48.3 Å². The van der Waals surface area contributed by atoms with E-state index >= 15 is 0 Å². The molecular weight excluding hydrogens is 231 g/mol. The molecule has 4 heteroatoms. The molecule has 0 heterocycles. The number of hydrogen-bond acceptors (Lipinski definition) is 3. The molecule has 18 heavy (non-hydrogen) atoms. The zero-order valence-corrected chi connectivity index (χ0v) is 10.1. The first-order valence-corrected chi connectivity index (χ1v) is 5.74. The summed E-state index contributed by atoms with van der Waals surface area (Å²) >= 11 is 0. The molecule has 2 aromatic carbocycles. The van der Waals surface area contributed by atoms with E-state index in [1.165, 1.54) is 12.1 Å². The molecule has 2 rings (SSSR count). The molecule has 0 aliphatic carbocycles. The van der Waals surface area contributed by atoms with Crippen molar-refractivity contribution in [1.29, 1.82) is 0 Å². The zero-order chi connectivity index (χ0) is 13.0. The van der Waals surface area contributed by atoms with E-state index < -0.39 is 0 Å². The summed E-state index contributed by atoms with van der Waals surface area (Å²) in [5.74, 6) is 0.356. The van der Waals surface area contributed by atoms with E-state index in [4.69, 9.17) is 10.5 Å². The highest BCUT2D eigenvalue weighted by Gasteiger charge is 2.04. The lowest BCUT2D eigenvalue weighted by molar-refractivity contribution is 0.342. The number of ether oxygens (including phenoxy) is 1. The summed E-state index contributed by atoms with van der Waals surface area (Å²) in [6, 6.07) is 11.8. The first kappa shape index (κ1) is 12.2. The van der Waals surface area contributed by atoms with Gasteiger partial charge in [-0.3, -0.25) is 0 Å². The summed E-state index contributed by atoms with van der Waals surface area (Å²) in [4.78, 5) is 0. The van der Waals surface area contributed by atoms with E-state index in [9.17, 15) is 4.39 Å². The second kappa shape index (κ2) is 5.40. The van der Waals surface area contributed by atoms with E-state index in [-0.39, 0.29) is 5.82 Å². The number of nitrogen functional groups attached to an aromatic ring is 1. The molecule has 0 radical (unpaired) electrons. The Hall–Kier alpha value is -2.23. The highest BCUT2D eigenvalue weighted by atomic mass is 19.1. The third-order valence-electron chi connectivity index (χ3n) is 2.39. The van der Waals surface area contributed by atoms with Gasteiger partial charge in [0.2, 0.25) is 0 Å². The zero-order valence-electron chi connectivity index (χ0n) is 10.1. The lowest BCUT2D eigenvalue weighted by Crippen LogP contribution is -1.98. The maximum Gasteiger partial charge on any atom is 0.142 e. The predicted molar refractivity (Wildman–Crippen MR) is 71.7 cm³/mol. The predicted octanol–water partition coefficient (Wildman–Crippen LogP) is 3.55. The Kier molecular flexibility index (Phi) is 3.67. The minimum Gasteiger partial charge on any atom is -0.492 e. The quantitative estimate of drug-likeness (QED) is 0.811. The van der Waals surface area contributed by atoms with Gasteiger partial charge in [-0.25, -0.2) is 4.39 Å². The van der Waals surface area contributed by atoms with Crippen molar-refractivity contribution in [1.82, 2.24) is 0 Å². The number of anilines is 3. The van der Waals surface area contributed by atoms with Crippen LogP contribution < -0.4 is 15.8 Å². The Morgan fingerprint density at radius 3 is 2.72 bits per heavy atom. The van der Waals surface area contributed by atoms with Crippen LogP contribution in [0.1, 0.15) is 6.92 Å². The molecule has 0 aliphatic heterocycles. The standard InChI is InChI=1S/C14H15FN2O/c1-2-18-14-6-4-3-5-13(14)17-12-8-10(15)7-11(16)9-12/h3-9,17H,2,16H2,1H3. The van der Waals surface area contributed by atoms with Crippen molar-refractivity contribution in [3.63, 3.8) is 0 Å². The van der Waals surface area contributed by atoms with E-state index in [2.05, 4.69) is 5.32 Å². The minimum atomic E-state index is -0.369. The number of halogens is 1. The van der Waals surface area contributed by atoms with Crippen molar-refractivity contribution in [2.24, 2.45) is 0 Å². The summed E-state index contributed by atoms with van der Waals surface area (Å²) in [5.41, 5.74) is 7.36. The lowest BCUT2D eigenvalue weighted by Gasteiger charge is -2.12. The maximum absolute atomic E-state index is 13.2. The molecule has 2 aromatic rings. The molecule has 0 bridgehead atoms. The summed E-state index contributed by atoms with van der Waals surface area (Å²) < 4.78 is 18.7. The van der Waals surface area contributed by atoms with Gasteiger partial charge in [-0.1, -0.05) is 12.1 Å². The molecule has 0 aliphatic rings. The van der Waals surface area contributed by atoms with E-state index in [0.29, 0.717) is 18.0 Å². The summed E-state index contributed by atoms with van der Waals surface area (Å²) in [5, 5.41) is 3.09. The number of nitrogens with one attached hydrogen (secondary N) is 1. The van der Waals surface area contributed by atoms with Gasteiger partial charge >= 0.3 is 0 Å². The first-order valence-electron chi connectivity index (χ1n) is 5.74. The topological polar surface area (TPSA) is 47.3 Å². The number of rotatable bonds is 4. The third-order valence-corrected chi connectivity index (χ3v) is 2.39. The maximum atomic E-state index is 13.2. The Morgan fingerprint density at radius 2 is 2.00 bits per heavy atom. The SMILES string of the molecule is CCOc1ccccc1Nc1cc(N)cc(F)c1.